The van der Waals surface area contributed by atoms with Gasteiger partial charge in [-0.15, -0.1) is 0 Å². The summed E-state index contributed by atoms with van der Waals surface area (Å²) in [6.07, 6.45) is 2.89. The van der Waals surface area contributed by atoms with Crippen molar-refractivity contribution in [3.63, 3.8) is 0 Å². The highest BCUT2D eigenvalue weighted by molar-refractivity contribution is 9.10. The molecule has 100 valence electrons. The SMILES string of the molecule is COCCCCCNC(=O)c1ccc(Br)c(F)c1. The first-order valence-corrected chi connectivity index (χ1v) is 6.66. The Morgan fingerprint density at radius 1 is 1.39 bits per heavy atom. The molecule has 0 unspecified atom stereocenters. The monoisotopic (exact) mass is 317 g/mol. The average Bonchev–Trinajstić information content (AvgIpc) is 2.36. The maximum Gasteiger partial charge on any atom is 0.251 e. The minimum atomic E-state index is -0.428. The highest BCUT2D eigenvalue weighted by Crippen LogP contribution is 2.16. The molecule has 1 rings (SSSR count). The maximum absolute atomic E-state index is 13.2. The van der Waals surface area contributed by atoms with E-state index in [4.69, 9.17) is 4.74 Å². The zero-order chi connectivity index (χ0) is 13.4. The summed E-state index contributed by atoms with van der Waals surface area (Å²) in [5.41, 5.74) is 0.340. The smallest absolute Gasteiger partial charge is 0.251 e. The maximum atomic E-state index is 13.2. The van der Waals surface area contributed by atoms with E-state index >= 15 is 0 Å². The summed E-state index contributed by atoms with van der Waals surface area (Å²) in [5.74, 6) is -0.670. The molecule has 3 nitrogen and oxygen atoms in total. The van der Waals surface area contributed by atoms with Crippen molar-refractivity contribution in [3.05, 3.63) is 34.1 Å². The molecule has 0 aliphatic heterocycles. The molecule has 0 aliphatic rings. The van der Waals surface area contributed by atoms with Crippen molar-refractivity contribution in [2.24, 2.45) is 0 Å². The third kappa shape index (κ3) is 5.14. The van der Waals surface area contributed by atoms with E-state index in [9.17, 15) is 9.18 Å². The summed E-state index contributed by atoms with van der Waals surface area (Å²) in [4.78, 5) is 11.7. The molecular weight excluding hydrogens is 301 g/mol. The lowest BCUT2D eigenvalue weighted by molar-refractivity contribution is 0.0952. The fraction of sp³-hybridized carbons (Fsp3) is 0.462. The third-order valence-electron chi connectivity index (χ3n) is 2.49. The van der Waals surface area contributed by atoms with E-state index in [2.05, 4.69) is 21.2 Å². The van der Waals surface area contributed by atoms with Crippen molar-refractivity contribution in [2.45, 2.75) is 19.3 Å². The van der Waals surface area contributed by atoms with Crippen LogP contribution in [0.3, 0.4) is 0 Å². The van der Waals surface area contributed by atoms with E-state index in [-0.39, 0.29) is 5.91 Å². The Morgan fingerprint density at radius 3 is 2.83 bits per heavy atom. The van der Waals surface area contributed by atoms with Gasteiger partial charge in [0.25, 0.3) is 5.91 Å². The Hall–Kier alpha value is -0.940. The number of ether oxygens (including phenoxy) is 1. The van der Waals surface area contributed by atoms with Gasteiger partial charge in [0.1, 0.15) is 5.82 Å². The summed E-state index contributed by atoms with van der Waals surface area (Å²) in [6, 6.07) is 4.35. The molecule has 0 aliphatic carbocycles. The van der Waals surface area contributed by atoms with Gasteiger partial charge in [0, 0.05) is 25.8 Å². The molecule has 0 heterocycles. The molecule has 0 atom stereocenters. The lowest BCUT2D eigenvalue weighted by Gasteiger charge is -2.05. The van der Waals surface area contributed by atoms with Crippen molar-refractivity contribution >= 4 is 21.8 Å². The normalized spacial score (nSPS) is 10.4. The standard InChI is InChI=1S/C13H17BrFNO2/c1-18-8-4-2-3-7-16-13(17)10-5-6-11(14)12(15)9-10/h5-6,9H,2-4,7-8H2,1H3,(H,16,17). The zero-order valence-electron chi connectivity index (χ0n) is 10.3. The summed E-state index contributed by atoms with van der Waals surface area (Å²) < 4.78 is 18.5. The summed E-state index contributed by atoms with van der Waals surface area (Å²) in [5, 5.41) is 2.76. The molecule has 1 aromatic carbocycles. The van der Waals surface area contributed by atoms with Gasteiger partial charge >= 0.3 is 0 Å². The fourth-order valence-corrected chi connectivity index (χ4v) is 1.74. The first-order chi connectivity index (χ1) is 8.65. The Labute approximate surface area is 115 Å². The van der Waals surface area contributed by atoms with Gasteiger partial charge in [0.05, 0.1) is 4.47 Å². The third-order valence-corrected chi connectivity index (χ3v) is 3.14. The van der Waals surface area contributed by atoms with Crippen LogP contribution in [0.4, 0.5) is 4.39 Å². The number of hydrogen-bond acceptors (Lipinski definition) is 2. The van der Waals surface area contributed by atoms with E-state index in [1.54, 1.807) is 13.2 Å². The zero-order valence-corrected chi connectivity index (χ0v) is 11.9. The highest BCUT2D eigenvalue weighted by Gasteiger charge is 2.07. The molecule has 18 heavy (non-hydrogen) atoms. The predicted octanol–water partition coefficient (Wildman–Crippen LogP) is 3.13. The number of nitrogens with one attached hydrogen (secondary N) is 1. The molecule has 0 spiro atoms. The Bertz CT molecular complexity index is 399. The van der Waals surface area contributed by atoms with Crippen LogP contribution in [0.25, 0.3) is 0 Å². The molecular formula is C13H17BrFNO2. The molecule has 0 bridgehead atoms. The number of halogens is 2. The van der Waals surface area contributed by atoms with Gasteiger partial charge in [-0.05, 0) is 53.4 Å². The van der Waals surface area contributed by atoms with Crippen LogP contribution in [0, 0.1) is 5.82 Å². The minimum absolute atomic E-state index is 0.242. The quantitative estimate of drug-likeness (QED) is 0.785. The van der Waals surface area contributed by atoms with Crippen molar-refractivity contribution in [1.82, 2.24) is 5.32 Å². The number of benzene rings is 1. The second-order valence-corrected chi connectivity index (χ2v) is 4.79. The minimum Gasteiger partial charge on any atom is -0.385 e. The van der Waals surface area contributed by atoms with Gasteiger partial charge in [-0.1, -0.05) is 0 Å². The lowest BCUT2D eigenvalue weighted by Crippen LogP contribution is -2.24. The molecule has 0 fully saturated rings. The molecule has 0 radical (unpaired) electrons. The van der Waals surface area contributed by atoms with Gasteiger partial charge in [-0.25, -0.2) is 4.39 Å². The lowest BCUT2D eigenvalue weighted by atomic mass is 10.2. The largest absolute Gasteiger partial charge is 0.385 e. The van der Waals surface area contributed by atoms with Crippen molar-refractivity contribution < 1.29 is 13.9 Å². The molecule has 0 saturated heterocycles. The fourth-order valence-electron chi connectivity index (χ4n) is 1.49. The van der Waals surface area contributed by atoms with Crippen LogP contribution in [0.1, 0.15) is 29.6 Å². The Morgan fingerprint density at radius 2 is 2.17 bits per heavy atom. The van der Waals surface area contributed by atoms with Crippen LogP contribution in [-0.4, -0.2) is 26.2 Å². The topological polar surface area (TPSA) is 38.3 Å². The number of amides is 1. The molecule has 5 heteroatoms. The second kappa shape index (κ2) is 8.21. The van der Waals surface area contributed by atoms with Crippen LogP contribution in [0.2, 0.25) is 0 Å². The van der Waals surface area contributed by atoms with Gasteiger partial charge in [-0.2, -0.15) is 0 Å². The Balaban J connectivity index is 2.30. The summed E-state index contributed by atoms with van der Waals surface area (Å²) in [7, 11) is 1.67. The number of unbranched alkanes of at least 4 members (excludes halogenated alkanes) is 2. The first-order valence-electron chi connectivity index (χ1n) is 5.87. The molecule has 0 saturated carbocycles. The van der Waals surface area contributed by atoms with Crippen LogP contribution in [-0.2, 0) is 4.74 Å². The Kier molecular flexibility index (Phi) is 6.90. The molecule has 0 aromatic heterocycles. The first kappa shape index (κ1) is 15.1. The second-order valence-electron chi connectivity index (χ2n) is 3.94. The number of rotatable bonds is 7. The van der Waals surface area contributed by atoms with Gasteiger partial charge in [-0.3, -0.25) is 4.79 Å². The van der Waals surface area contributed by atoms with Crippen molar-refractivity contribution in [2.75, 3.05) is 20.3 Å². The van der Waals surface area contributed by atoms with Crippen molar-refractivity contribution in [1.29, 1.82) is 0 Å². The summed E-state index contributed by atoms with van der Waals surface area (Å²) in [6.45, 7) is 1.34. The van der Waals surface area contributed by atoms with E-state index in [0.29, 0.717) is 16.6 Å². The van der Waals surface area contributed by atoms with E-state index in [1.165, 1.54) is 12.1 Å². The van der Waals surface area contributed by atoms with E-state index in [1.807, 2.05) is 0 Å². The number of methoxy groups -OCH3 is 1. The average molecular weight is 318 g/mol. The molecule has 1 aromatic rings. The highest BCUT2D eigenvalue weighted by atomic mass is 79.9. The van der Waals surface area contributed by atoms with Gasteiger partial charge < -0.3 is 10.1 Å². The van der Waals surface area contributed by atoms with Crippen LogP contribution in [0.15, 0.2) is 22.7 Å². The molecule has 1 amide bonds. The van der Waals surface area contributed by atoms with Crippen LogP contribution < -0.4 is 5.32 Å². The van der Waals surface area contributed by atoms with Crippen LogP contribution >= 0.6 is 15.9 Å². The molecule has 1 N–H and O–H groups in total. The van der Waals surface area contributed by atoms with E-state index in [0.717, 1.165) is 25.9 Å². The van der Waals surface area contributed by atoms with Crippen LogP contribution in [0.5, 0.6) is 0 Å². The number of hydrogen-bond donors (Lipinski definition) is 1. The number of carbonyl (C=O) groups is 1. The van der Waals surface area contributed by atoms with E-state index < -0.39 is 5.82 Å². The van der Waals surface area contributed by atoms with Crippen molar-refractivity contribution in [3.8, 4) is 0 Å². The van der Waals surface area contributed by atoms with Gasteiger partial charge in [0.15, 0.2) is 0 Å². The predicted molar refractivity (Wildman–Crippen MR) is 72.2 cm³/mol. The van der Waals surface area contributed by atoms with Gasteiger partial charge in [0.2, 0.25) is 0 Å². The number of carbonyl (C=O) groups excluding carboxylic acids is 1. The summed E-state index contributed by atoms with van der Waals surface area (Å²) >= 11 is 3.05.